The molecular formula is C12H14N2O2. The van der Waals surface area contributed by atoms with Crippen molar-refractivity contribution in [3.8, 4) is 0 Å². The Hall–Kier alpha value is -1.58. The van der Waals surface area contributed by atoms with Crippen LogP contribution in [0.25, 0.3) is 0 Å². The first-order chi connectivity index (χ1) is 7.77. The Kier molecular flexibility index (Phi) is 2.09. The minimum Gasteiger partial charge on any atom is -0.361 e. The Morgan fingerprint density at radius 2 is 2.44 bits per heavy atom. The van der Waals surface area contributed by atoms with Gasteiger partial charge < -0.3 is 9.42 Å². The maximum atomic E-state index is 12.3. The zero-order valence-electron chi connectivity index (χ0n) is 9.22. The topological polar surface area (TPSA) is 46.3 Å². The van der Waals surface area contributed by atoms with Gasteiger partial charge in [0.1, 0.15) is 11.3 Å². The van der Waals surface area contributed by atoms with E-state index in [2.05, 4.69) is 17.3 Å². The predicted molar refractivity (Wildman–Crippen MR) is 58.0 cm³/mol. The molecule has 4 heteroatoms. The van der Waals surface area contributed by atoms with Gasteiger partial charge in [-0.2, -0.15) is 0 Å². The lowest BCUT2D eigenvalue weighted by atomic mass is 10.1. The summed E-state index contributed by atoms with van der Waals surface area (Å²) in [5.41, 5.74) is 0.604. The lowest BCUT2D eigenvalue weighted by Gasteiger charge is -2.31. The van der Waals surface area contributed by atoms with E-state index in [1.54, 1.807) is 6.92 Å². The number of hydrogen-bond acceptors (Lipinski definition) is 3. The zero-order valence-corrected chi connectivity index (χ0v) is 9.22. The van der Waals surface area contributed by atoms with Crippen molar-refractivity contribution >= 4 is 5.91 Å². The summed E-state index contributed by atoms with van der Waals surface area (Å²) >= 11 is 0. The summed E-state index contributed by atoms with van der Waals surface area (Å²) in [6.07, 6.45) is 9.02. The van der Waals surface area contributed by atoms with Crippen molar-refractivity contribution in [3.63, 3.8) is 0 Å². The van der Waals surface area contributed by atoms with Crippen molar-refractivity contribution in [2.75, 3.05) is 0 Å². The molecule has 1 amide bonds. The highest BCUT2D eigenvalue weighted by molar-refractivity contribution is 5.95. The summed E-state index contributed by atoms with van der Waals surface area (Å²) in [4.78, 5) is 14.3. The Labute approximate surface area is 93.9 Å². The van der Waals surface area contributed by atoms with Crippen LogP contribution in [0.1, 0.15) is 35.4 Å². The molecule has 2 aliphatic heterocycles. The van der Waals surface area contributed by atoms with Crippen LogP contribution in [0, 0.1) is 6.92 Å². The number of nitrogens with zero attached hydrogens (tertiary/aromatic N) is 2. The van der Waals surface area contributed by atoms with E-state index in [1.165, 1.54) is 6.20 Å². The SMILES string of the molecule is Cc1oncc1C(=O)N1C2C=CCC1CC2. The standard InChI is InChI=1S/C12H14N2O2/c1-8-11(7-13-16-8)12(15)14-9-3-2-4-10(14)6-5-9/h2-3,7,9-10H,4-6H2,1H3. The smallest absolute Gasteiger partial charge is 0.259 e. The molecule has 2 unspecified atom stereocenters. The molecule has 2 aliphatic rings. The molecule has 2 atom stereocenters. The van der Waals surface area contributed by atoms with Crippen molar-refractivity contribution in [2.45, 2.75) is 38.3 Å². The maximum Gasteiger partial charge on any atom is 0.259 e. The highest BCUT2D eigenvalue weighted by atomic mass is 16.5. The first-order valence-corrected chi connectivity index (χ1v) is 5.68. The van der Waals surface area contributed by atoms with E-state index in [0.717, 1.165) is 19.3 Å². The quantitative estimate of drug-likeness (QED) is 0.676. The van der Waals surface area contributed by atoms with Gasteiger partial charge in [0.05, 0.1) is 12.2 Å². The molecule has 0 saturated carbocycles. The molecule has 1 fully saturated rings. The number of hydrogen-bond donors (Lipinski definition) is 0. The third-order valence-corrected chi connectivity index (χ3v) is 3.53. The zero-order chi connectivity index (χ0) is 11.1. The monoisotopic (exact) mass is 218 g/mol. The molecule has 0 aromatic carbocycles. The first kappa shape index (κ1) is 9.63. The van der Waals surface area contributed by atoms with Crippen LogP contribution in [0.5, 0.6) is 0 Å². The molecule has 1 aromatic heterocycles. The fourth-order valence-electron chi connectivity index (χ4n) is 2.68. The summed E-state index contributed by atoms with van der Waals surface area (Å²) < 4.78 is 4.95. The number of fused-ring (bicyclic) bond motifs is 2. The van der Waals surface area contributed by atoms with E-state index in [1.807, 2.05) is 4.90 Å². The van der Waals surface area contributed by atoms with Crippen molar-refractivity contribution in [1.82, 2.24) is 10.1 Å². The van der Waals surface area contributed by atoms with Crippen molar-refractivity contribution < 1.29 is 9.32 Å². The number of carbonyl (C=O) groups excluding carboxylic acids is 1. The Balaban J connectivity index is 1.92. The fourth-order valence-corrected chi connectivity index (χ4v) is 2.68. The molecule has 0 spiro atoms. The van der Waals surface area contributed by atoms with Crippen LogP contribution in [-0.2, 0) is 0 Å². The van der Waals surface area contributed by atoms with Gasteiger partial charge in [-0.05, 0) is 26.2 Å². The number of aromatic nitrogens is 1. The predicted octanol–water partition coefficient (Wildman–Crippen LogP) is 1.92. The highest BCUT2D eigenvalue weighted by Gasteiger charge is 2.38. The van der Waals surface area contributed by atoms with Gasteiger partial charge in [-0.1, -0.05) is 17.3 Å². The number of carbonyl (C=O) groups is 1. The second-order valence-corrected chi connectivity index (χ2v) is 4.47. The van der Waals surface area contributed by atoms with E-state index in [9.17, 15) is 4.79 Å². The summed E-state index contributed by atoms with van der Waals surface area (Å²) in [5, 5.41) is 3.67. The molecule has 0 N–H and O–H groups in total. The minimum absolute atomic E-state index is 0.0654. The van der Waals surface area contributed by atoms with E-state index >= 15 is 0 Å². The summed E-state index contributed by atoms with van der Waals surface area (Å²) in [7, 11) is 0. The van der Waals surface area contributed by atoms with Gasteiger partial charge >= 0.3 is 0 Å². The first-order valence-electron chi connectivity index (χ1n) is 5.68. The van der Waals surface area contributed by atoms with Gasteiger partial charge in [-0.25, -0.2) is 0 Å². The normalized spacial score (nSPS) is 27.4. The maximum absolute atomic E-state index is 12.3. The molecule has 3 heterocycles. The molecule has 0 radical (unpaired) electrons. The van der Waals surface area contributed by atoms with Crippen LogP contribution in [-0.4, -0.2) is 28.0 Å². The van der Waals surface area contributed by atoms with Gasteiger partial charge in [0.25, 0.3) is 5.91 Å². The summed E-state index contributed by atoms with van der Waals surface area (Å²) in [5.74, 6) is 0.676. The second kappa shape index (κ2) is 3.47. The van der Waals surface area contributed by atoms with E-state index < -0.39 is 0 Å². The van der Waals surface area contributed by atoms with Gasteiger partial charge in [0.2, 0.25) is 0 Å². The Bertz CT molecular complexity index is 450. The number of aryl methyl sites for hydroxylation is 1. The van der Waals surface area contributed by atoms with Crippen molar-refractivity contribution in [2.24, 2.45) is 0 Å². The Morgan fingerprint density at radius 3 is 3.12 bits per heavy atom. The average Bonchev–Trinajstić information content (AvgIpc) is 2.80. The summed E-state index contributed by atoms with van der Waals surface area (Å²) in [6.45, 7) is 1.78. The van der Waals surface area contributed by atoms with Crippen LogP contribution in [0.15, 0.2) is 22.9 Å². The molecule has 1 saturated heterocycles. The van der Waals surface area contributed by atoms with Crippen molar-refractivity contribution in [3.05, 3.63) is 29.7 Å². The van der Waals surface area contributed by atoms with Crippen molar-refractivity contribution in [1.29, 1.82) is 0 Å². The van der Waals surface area contributed by atoms with Gasteiger partial charge in [-0.15, -0.1) is 0 Å². The van der Waals surface area contributed by atoms with Gasteiger partial charge in [0, 0.05) is 6.04 Å². The molecule has 84 valence electrons. The lowest BCUT2D eigenvalue weighted by Crippen LogP contribution is -2.42. The molecule has 16 heavy (non-hydrogen) atoms. The largest absolute Gasteiger partial charge is 0.361 e. The van der Waals surface area contributed by atoms with Gasteiger partial charge in [-0.3, -0.25) is 4.79 Å². The number of amides is 1. The van der Waals surface area contributed by atoms with Gasteiger partial charge in [0.15, 0.2) is 0 Å². The molecule has 4 nitrogen and oxygen atoms in total. The van der Waals surface area contributed by atoms with Crippen LogP contribution in [0.3, 0.4) is 0 Å². The molecule has 2 bridgehead atoms. The average molecular weight is 218 g/mol. The van der Waals surface area contributed by atoms with Crippen LogP contribution in [0.2, 0.25) is 0 Å². The van der Waals surface area contributed by atoms with Crippen LogP contribution >= 0.6 is 0 Å². The fraction of sp³-hybridized carbons (Fsp3) is 0.500. The lowest BCUT2D eigenvalue weighted by molar-refractivity contribution is 0.0687. The molecule has 1 aromatic rings. The van der Waals surface area contributed by atoms with E-state index in [0.29, 0.717) is 17.4 Å². The third kappa shape index (κ3) is 1.29. The van der Waals surface area contributed by atoms with E-state index in [-0.39, 0.29) is 11.9 Å². The Morgan fingerprint density at radius 1 is 1.56 bits per heavy atom. The van der Waals surface area contributed by atoms with E-state index in [4.69, 9.17) is 4.52 Å². The molecule has 0 aliphatic carbocycles. The third-order valence-electron chi connectivity index (χ3n) is 3.53. The minimum atomic E-state index is 0.0654. The van der Waals surface area contributed by atoms with Crippen LogP contribution < -0.4 is 0 Å². The number of rotatable bonds is 1. The second-order valence-electron chi connectivity index (χ2n) is 4.47. The molecule has 3 rings (SSSR count). The molecular weight excluding hydrogens is 204 g/mol. The van der Waals surface area contributed by atoms with Crippen LogP contribution in [0.4, 0.5) is 0 Å². The highest BCUT2D eigenvalue weighted by Crippen LogP contribution is 2.33. The summed E-state index contributed by atoms with van der Waals surface area (Å²) in [6, 6.07) is 0.650.